The van der Waals surface area contributed by atoms with Gasteiger partial charge in [0.2, 0.25) is 0 Å². The number of aromatic nitrogens is 3. The Morgan fingerprint density at radius 1 is 1.10 bits per heavy atom. The molecule has 0 bridgehead atoms. The molecule has 4 rings (SSSR count). The zero-order valence-corrected chi connectivity index (χ0v) is 17.8. The lowest BCUT2D eigenvalue weighted by Gasteiger charge is -2.29. The van der Waals surface area contributed by atoms with Crippen molar-refractivity contribution in [2.75, 3.05) is 27.2 Å². The topological polar surface area (TPSA) is 49.2 Å². The molecule has 1 N–H and O–H groups in total. The first kappa shape index (κ1) is 19.5. The van der Waals surface area contributed by atoms with Crippen LogP contribution in [0, 0.1) is 6.92 Å². The van der Waals surface area contributed by atoms with Gasteiger partial charge in [-0.1, -0.05) is 12.1 Å². The molecule has 3 aromatic rings. The Kier molecular flexibility index (Phi) is 5.60. The van der Waals surface area contributed by atoms with E-state index in [0.29, 0.717) is 0 Å². The second-order valence-corrected chi connectivity index (χ2v) is 8.01. The maximum atomic E-state index is 5.74. The third kappa shape index (κ3) is 4.02. The Bertz CT molecular complexity index is 966. The monoisotopic (exact) mass is 406 g/mol. The van der Waals surface area contributed by atoms with Gasteiger partial charge in [-0.25, -0.2) is 4.98 Å². The average molecular weight is 407 g/mol. The number of thiocarbonyl (C=S) groups is 1. The summed E-state index contributed by atoms with van der Waals surface area (Å²) in [4.78, 5) is 13.7. The summed E-state index contributed by atoms with van der Waals surface area (Å²) in [5.74, 6) is 0.903. The molecule has 29 heavy (non-hydrogen) atoms. The van der Waals surface area contributed by atoms with Gasteiger partial charge in [-0.2, -0.15) is 0 Å². The van der Waals surface area contributed by atoms with Gasteiger partial charge in [-0.05, 0) is 69.1 Å². The first-order valence-electron chi connectivity index (χ1n) is 9.77. The highest BCUT2D eigenvalue weighted by Gasteiger charge is 2.41. The Hall–Kier alpha value is -2.77. The van der Waals surface area contributed by atoms with E-state index < -0.39 is 0 Å². The van der Waals surface area contributed by atoms with Crippen molar-refractivity contribution in [3.05, 3.63) is 78.0 Å². The van der Waals surface area contributed by atoms with Crippen molar-refractivity contribution in [3.8, 4) is 5.82 Å². The van der Waals surface area contributed by atoms with Gasteiger partial charge in [-0.15, -0.1) is 0 Å². The molecule has 0 radical (unpaired) electrons. The lowest BCUT2D eigenvalue weighted by Crippen LogP contribution is -2.36. The van der Waals surface area contributed by atoms with Crippen LogP contribution in [0.15, 0.2) is 61.1 Å². The van der Waals surface area contributed by atoms with E-state index in [1.165, 1.54) is 0 Å². The van der Waals surface area contributed by atoms with Crippen LogP contribution in [0.3, 0.4) is 0 Å². The number of aryl methyl sites for hydroxylation is 1. The normalized spacial score (nSPS) is 19.0. The number of hydrogen-bond donors (Lipinski definition) is 1. The summed E-state index contributed by atoms with van der Waals surface area (Å²) < 4.78 is 2.15. The smallest absolute Gasteiger partial charge is 0.170 e. The lowest BCUT2D eigenvalue weighted by molar-refractivity contribution is 0.272. The van der Waals surface area contributed by atoms with Gasteiger partial charge in [0.15, 0.2) is 5.11 Å². The second-order valence-electron chi connectivity index (χ2n) is 7.62. The maximum absolute atomic E-state index is 5.74. The molecule has 0 aliphatic carbocycles. The van der Waals surface area contributed by atoms with Gasteiger partial charge in [0.25, 0.3) is 0 Å². The highest BCUT2D eigenvalue weighted by Crippen LogP contribution is 2.39. The van der Waals surface area contributed by atoms with Crippen LogP contribution in [0.25, 0.3) is 5.82 Å². The minimum absolute atomic E-state index is 0.0232. The first-order valence-corrected chi connectivity index (χ1v) is 10.2. The molecule has 0 amide bonds. The summed E-state index contributed by atoms with van der Waals surface area (Å²) >= 11 is 5.74. The molecule has 150 valence electrons. The van der Waals surface area contributed by atoms with E-state index in [1.807, 2.05) is 31.5 Å². The standard InChI is InChI=1S/C22H26N6S/c1-16-9-10-19(24-15-16)27-12-6-8-18(27)21-20(17-7-4-5-11-23-17)25-22(29)28(21)14-13-26(2)3/h4-12,15,20-21H,13-14H2,1-3H3,(H,25,29). The van der Waals surface area contributed by atoms with Gasteiger partial charge in [-0.3, -0.25) is 4.98 Å². The zero-order valence-electron chi connectivity index (χ0n) is 17.0. The van der Waals surface area contributed by atoms with Crippen LogP contribution in [-0.4, -0.2) is 56.6 Å². The molecule has 3 aromatic heterocycles. The zero-order chi connectivity index (χ0) is 20.4. The fourth-order valence-corrected chi connectivity index (χ4v) is 4.05. The van der Waals surface area contributed by atoms with E-state index in [9.17, 15) is 0 Å². The summed E-state index contributed by atoms with van der Waals surface area (Å²) in [6.07, 6.45) is 5.80. The Balaban J connectivity index is 1.77. The fourth-order valence-electron chi connectivity index (χ4n) is 3.72. The van der Waals surface area contributed by atoms with Crippen LogP contribution in [-0.2, 0) is 0 Å². The predicted molar refractivity (Wildman–Crippen MR) is 119 cm³/mol. The molecule has 7 heteroatoms. The molecular weight excluding hydrogens is 380 g/mol. The molecule has 0 saturated carbocycles. The number of pyridine rings is 2. The van der Waals surface area contributed by atoms with Gasteiger partial charge >= 0.3 is 0 Å². The van der Waals surface area contributed by atoms with Gasteiger partial charge in [0.1, 0.15) is 5.82 Å². The Morgan fingerprint density at radius 3 is 2.66 bits per heavy atom. The molecule has 2 unspecified atom stereocenters. The molecule has 1 saturated heterocycles. The van der Waals surface area contributed by atoms with E-state index in [4.69, 9.17) is 12.2 Å². The van der Waals surface area contributed by atoms with Crippen molar-refractivity contribution in [2.24, 2.45) is 0 Å². The molecule has 4 heterocycles. The largest absolute Gasteiger partial charge is 0.352 e. The molecule has 0 aromatic carbocycles. The summed E-state index contributed by atoms with van der Waals surface area (Å²) in [6.45, 7) is 3.79. The highest BCUT2D eigenvalue weighted by atomic mass is 32.1. The lowest BCUT2D eigenvalue weighted by atomic mass is 10.0. The van der Waals surface area contributed by atoms with Gasteiger partial charge in [0.05, 0.1) is 17.8 Å². The Labute approximate surface area is 177 Å². The molecular formula is C22H26N6S. The third-order valence-electron chi connectivity index (χ3n) is 5.21. The molecule has 6 nitrogen and oxygen atoms in total. The summed E-state index contributed by atoms with van der Waals surface area (Å²) in [5.41, 5.74) is 3.27. The fraction of sp³-hybridized carbons (Fsp3) is 0.318. The third-order valence-corrected chi connectivity index (χ3v) is 5.56. The van der Waals surface area contributed by atoms with Crippen molar-refractivity contribution in [2.45, 2.75) is 19.0 Å². The van der Waals surface area contributed by atoms with Crippen LogP contribution in [0.5, 0.6) is 0 Å². The number of rotatable bonds is 6. The van der Waals surface area contributed by atoms with Crippen molar-refractivity contribution in [1.29, 1.82) is 0 Å². The van der Waals surface area contributed by atoms with Crippen molar-refractivity contribution < 1.29 is 0 Å². The van der Waals surface area contributed by atoms with Crippen LogP contribution >= 0.6 is 12.2 Å². The highest BCUT2D eigenvalue weighted by molar-refractivity contribution is 7.80. The van der Waals surface area contributed by atoms with Crippen LogP contribution in [0.1, 0.15) is 29.0 Å². The van der Waals surface area contributed by atoms with Crippen LogP contribution < -0.4 is 5.32 Å². The number of hydrogen-bond acceptors (Lipinski definition) is 4. The van der Waals surface area contributed by atoms with E-state index in [1.54, 1.807) is 0 Å². The van der Waals surface area contributed by atoms with Crippen molar-refractivity contribution in [3.63, 3.8) is 0 Å². The summed E-state index contributed by atoms with van der Waals surface area (Å²) in [7, 11) is 4.16. The quantitative estimate of drug-likeness (QED) is 0.635. The molecule has 2 atom stereocenters. The molecule has 1 fully saturated rings. The van der Waals surface area contributed by atoms with E-state index in [0.717, 1.165) is 41.0 Å². The van der Waals surface area contributed by atoms with Crippen LogP contribution in [0.4, 0.5) is 0 Å². The summed E-state index contributed by atoms with van der Waals surface area (Å²) in [6, 6.07) is 14.4. The maximum Gasteiger partial charge on any atom is 0.170 e. The van der Waals surface area contributed by atoms with Gasteiger partial charge in [0, 0.05) is 37.4 Å². The van der Waals surface area contributed by atoms with E-state index in [2.05, 4.69) is 80.3 Å². The van der Waals surface area contributed by atoms with Crippen molar-refractivity contribution in [1.82, 2.24) is 29.7 Å². The van der Waals surface area contributed by atoms with Crippen LogP contribution in [0.2, 0.25) is 0 Å². The summed E-state index contributed by atoms with van der Waals surface area (Å²) in [5, 5.41) is 4.27. The molecule has 1 aliphatic heterocycles. The molecule has 1 aliphatic rings. The molecule has 0 spiro atoms. The van der Waals surface area contributed by atoms with Crippen molar-refractivity contribution >= 4 is 17.3 Å². The van der Waals surface area contributed by atoms with E-state index >= 15 is 0 Å². The minimum atomic E-state index is -0.0232. The Morgan fingerprint density at radius 2 is 1.97 bits per heavy atom. The first-order chi connectivity index (χ1) is 14.0. The number of nitrogens with one attached hydrogen (secondary N) is 1. The second kappa shape index (κ2) is 8.31. The SMILES string of the molecule is Cc1ccc(-n2cccc2C2C(c3ccccn3)NC(=S)N2CCN(C)C)nc1. The average Bonchev–Trinajstić information content (AvgIpc) is 3.32. The predicted octanol–water partition coefficient (Wildman–Crippen LogP) is 3.11. The number of nitrogens with zero attached hydrogens (tertiary/aromatic N) is 5. The van der Waals surface area contributed by atoms with E-state index in [-0.39, 0.29) is 12.1 Å². The number of likely N-dealkylation sites (N-methyl/N-ethyl adjacent to an activating group) is 1. The van der Waals surface area contributed by atoms with Gasteiger partial charge < -0.3 is 19.7 Å². The minimum Gasteiger partial charge on any atom is -0.352 e.